The third-order valence-electron chi connectivity index (χ3n) is 3.66. The number of benzene rings is 2. The number of carbonyl (C=O) groups excluding carboxylic acids is 1. The molecule has 2 aromatic carbocycles. The molecule has 0 N–H and O–H groups in total. The molecular weight excluding hydrogens is 296 g/mol. The Labute approximate surface area is 144 Å². The first-order valence-corrected chi connectivity index (χ1v) is 7.92. The standard InChI is InChI=1S/C21H24N2O/c1-22(2)20(17-11-7-5-8-12-17)15-19(24)16-21(23(3)4)18-13-9-6-10-14-18/h5-16H,1-4H3. The lowest BCUT2D eigenvalue weighted by molar-refractivity contribution is -0.110. The van der Waals surface area contributed by atoms with Crippen molar-refractivity contribution in [2.45, 2.75) is 0 Å². The minimum absolute atomic E-state index is 0.0323. The van der Waals surface area contributed by atoms with Crippen LogP contribution in [0.25, 0.3) is 11.4 Å². The maximum Gasteiger partial charge on any atom is 0.182 e. The van der Waals surface area contributed by atoms with Gasteiger partial charge in [0.05, 0.1) is 0 Å². The molecule has 0 aliphatic carbocycles. The molecule has 0 saturated heterocycles. The number of allylic oxidation sites excluding steroid dienone is 2. The second-order valence-corrected chi connectivity index (χ2v) is 5.98. The fourth-order valence-corrected chi connectivity index (χ4v) is 2.47. The lowest BCUT2D eigenvalue weighted by Crippen LogP contribution is -2.13. The van der Waals surface area contributed by atoms with Crippen molar-refractivity contribution in [1.82, 2.24) is 9.80 Å². The van der Waals surface area contributed by atoms with Gasteiger partial charge in [-0.25, -0.2) is 0 Å². The van der Waals surface area contributed by atoms with Gasteiger partial charge in [0.2, 0.25) is 0 Å². The smallest absolute Gasteiger partial charge is 0.182 e. The quantitative estimate of drug-likeness (QED) is 0.757. The first-order chi connectivity index (χ1) is 11.5. The highest BCUT2D eigenvalue weighted by Crippen LogP contribution is 2.19. The van der Waals surface area contributed by atoms with Crippen LogP contribution < -0.4 is 0 Å². The van der Waals surface area contributed by atoms with Crippen LogP contribution in [0.2, 0.25) is 0 Å². The van der Waals surface area contributed by atoms with Crippen molar-refractivity contribution in [3.05, 3.63) is 83.9 Å². The summed E-state index contributed by atoms with van der Waals surface area (Å²) in [6.07, 6.45) is 3.36. The van der Waals surface area contributed by atoms with Crippen molar-refractivity contribution < 1.29 is 4.79 Å². The Morgan fingerprint density at radius 1 is 0.667 bits per heavy atom. The van der Waals surface area contributed by atoms with E-state index < -0.39 is 0 Å². The highest BCUT2D eigenvalue weighted by Gasteiger charge is 2.09. The molecule has 0 amide bonds. The highest BCUT2D eigenvalue weighted by molar-refractivity contribution is 6.07. The van der Waals surface area contributed by atoms with Crippen LogP contribution >= 0.6 is 0 Å². The molecule has 0 aliphatic rings. The van der Waals surface area contributed by atoms with Gasteiger partial charge in [-0.3, -0.25) is 4.79 Å². The van der Waals surface area contributed by atoms with E-state index >= 15 is 0 Å². The summed E-state index contributed by atoms with van der Waals surface area (Å²) in [5.41, 5.74) is 3.83. The third-order valence-corrected chi connectivity index (χ3v) is 3.66. The summed E-state index contributed by atoms with van der Waals surface area (Å²) in [5, 5.41) is 0. The van der Waals surface area contributed by atoms with E-state index in [0.717, 1.165) is 22.5 Å². The van der Waals surface area contributed by atoms with Crippen LogP contribution in [0, 0.1) is 0 Å². The van der Waals surface area contributed by atoms with Gasteiger partial charge < -0.3 is 9.80 Å². The van der Waals surface area contributed by atoms with Crippen molar-refractivity contribution in [1.29, 1.82) is 0 Å². The van der Waals surface area contributed by atoms with E-state index in [4.69, 9.17) is 0 Å². The van der Waals surface area contributed by atoms with E-state index in [1.54, 1.807) is 12.2 Å². The molecule has 2 aromatic rings. The zero-order valence-corrected chi connectivity index (χ0v) is 14.7. The molecule has 0 radical (unpaired) electrons. The molecule has 0 aromatic heterocycles. The van der Waals surface area contributed by atoms with E-state index in [2.05, 4.69) is 0 Å². The second kappa shape index (κ2) is 8.16. The lowest BCUT2D eigenvalue weighted by Gasteiger charge is -2.18. The summed E-state index contributed by atoms with van der Waals surface area (Å²) >= 11 is 0. The molecule has 24 heavy (non-hydrogen) atoms. The van der Waals surface area contributed by atoms with Gasteiger partial charge in [-0.2, -0.15) is 0 Å². The molecule has 0 aliphatic heterocycles. The fourth-order valence-electron chi connectivity index (χ4n) is 2.47. The first-order valence-electron chi connectivity index (χ1n) is 7.92. The van der Waals surface area contributed by atoms with Crippen LogP contribution in [0.15, 0.2) is 72.8 Å². The van der Waals surface area contributed by atoms with Gasteiger partial charge in [0, 0.05) is 51.7 Å². The van der Waals surface area contributed by atoms with Gasteiger partial charge >= 0.3 is 0 Å². The Hall–Kier alpha value is -2.81. The number of hydrogen-bond acceptors (Lipinski definition) is 3. The Bertz CT molecular complexity index is 665. The highest BCUT2D eigenvalue weighted by atomic mass is 16.1. The third kappa shape index (κ3) is 4.59. The predicted molar refractivity (Wildman–Crippen MR) is 101 cm³/mol. The summed E-state index contributed by atoms with van der Waals surface area (Å²) < 4.78 is 0. The monoisotopic (exact) mass is 320 g/mol. The van der Waals surface area contributed by atoms with E-state index in [-0.39, 0.29) is 5.78 Å². The SMILES string of the molecule is CN(C)C(=CC(=O)C=C(c1ccccc1)N(C)C)c1ccccc1. The molecular formula is C21H24N2O. The van der Waals surface area contributed by atoms with Crippen LogP contribution in [0.5, 0.6) is 0 Å². The van der Waals surface area contributed by atoms with Gasteiger partial charge in [-0.05, 0) is 11.1 Å². The van der Waals surface area contributed by atoms with Crippen molar-refractivity contribution in [3.8, 4) is 0 Å². The summed E-state index contributed by atoms with van der Waals surface area (Å²) in [5.74, 6) is -0.0323. The van der Waals surface area contributed by atoms with Gasteiger partial charge in [0.1, 0.15) is 0 Å². The average molecular weight is 320 g/mol. The molecule has 3 nitrogen and oxygen atoms in total. The van der Waals surface area contributed by atoms with Gasteiger partial charge in [-0.1, -0.05) is 60.7 Å². The van der Waals surface area contributed by atoms with Crippen LogP contribution in [0.3, 0.4) is 0 Å². The summed E-state index contributed by atoms with van der Waals surface area (Å²) in [7, 11) is 7.78. The van der Waals surface area contributed by atoms with Gasteiger partial charge in [0.25, 0.3) is 0 Å². The number of rotatable bonds is 6. The minimum atomic E-state index is -0.0323. The van der Waals surface area contributed by atoms with Crippen molar-refractivity contribution >= 4 is 17.2 Å². The Morgan fingerprint density at radius 3 is 1.29 bits per heavy atom. The maximum atomic E-state index is 12.6. The zero-order chi connectivity index (χ0) is 17.5. The van der Waals surface area contributed by atoms with Crippen LogP contribution in [0.1, 0.15) is 11.1 Å². The van der Waals surface area contributed by atoms with Crippen LogP contribution in [-0.4, -0.2) is 43.8 Å². The lowest BCUT2D eigenvalue weighted by atomic mass is 10.1. The molecule has 0 heterocycles. The summed E-state index contributed by atoms with van der Waals surface area (Å²) in [4.78, 5) is 16.5. The molecule has 2 rings (SSSR count). The largest absolute Gasteiger partial charge is 0.377 e. The summed E-state index contributed by atoms with van der Waals surface area (Å²) in [6, 6.07) is 19.9. The van der Waals surface area contributed by atoms with Gasteiger partial charge in [0.15, 0.2) is 5.78 Å². The van der Waals surface area contributed by atoms with E-state index in [0.29, 0.717) is 0 Å². The van der Waals surface area contributed by atoms with E-state index in [1.165, 1.54) is 0 Å². The Morgan fingerprint density at radius 2 is 1.00 bits per heavy atom. The average Bonchev–Trinajstić information content (AvgIpc) is 2.58. The number of ketones is 1. The Kier molecular flexibility index (Phi) is 5.96. The predicted octanol–water partition coefficient (Wildman–Crippen LogP) is 3.76. The number of carbonyl (C=O) groups is 1. The molecule has 0 fully saturated rings. The minimum Gasteiger partial charge on any atom is -0.377 e. The second-order valence-electron chi connectivity index (χ2n) is 5.98. The first kappa shape index (κ1) is 17.5. The van der Waals surface area contributed by atoms with Crippen LogP contribution in [0.4, 0.5) is 0 Å². The molecule has 0 spiro atoms. The molecule has 0 saturated carbocycles. The van der Waals surface area contributed by atoms with Crippen molar-refractivity contribution in [2.24, 2.45) is 0 Å². The molecule has 3 heteroatoms. The molecule has 0 bridgehead atoms. The molecule has 0 atom stereocenters. The van der Waals surface area contributed by atoms with Crippen molar-refractivity contribution in [3.63, 3.8) is 0 Å². The van der Waals surface area contributed by atoms with Crippen LogP contribution in [-0.2, 0) is 4.79 Å². The molecule has 0 unspecified atom stereocenters. The van der Waals surface area contributed by atoms with E-state index in [9.17, 15) is 4.79 Å². The fraction of sp³-hybridized carbons (Fsp3) is 0.190. The zero-order valence-electron chi connectivity index (χ0n) is 14.7. The topological polar surface area (TPSA) is 23.6 Å². The van der Waals surface area contributed by atoms with E-state index in [1.807, 2.05) is 98.7 Å². The normalized spacial score (nSPS) is 12.0. The Balaban J connectivity index is 2.38. The van der Waals surface area contributed by atoms with Gasteiger partial charge in [-0.15, -0.1) is 0 Å². The molecule has 124 valence electrons. The van der Waals surface area contributed by atoms with Crippen molar-refractivity contribution in [2.75, 3.05) is 28.2 Å². The maximum absolute atomic E-state index is 12.6. The number of nitrogens with zero attached hydrogens (tertiary/aromatic N) is 2. The number of hydrogen-bond donors (Lipinski definition) is 0. The summed E-state index contributed by atoms with van der Waals surface area (Å²) in [6.45, 7) is 0.